The summed E-state index contributed by atoms with van der Waals surface area (Å²) in [7, 11) is 0. The highest BCUT2D eigenvalue weighted by Crippen LogP contribution is 2.20. The molecule has 0 unspecified atom stereocenters. The predicted octanol–water partition coefficient (Wildman–Crippen LogP) is 4.61. The number of carbonyl (C=O) groups excluding carboxylic acids is 1. The Morgan fingerprint density at radius 2 is 1.71 bits per heavy atom. The van der Waals surface area contributed by atoms with Gasteiger partial charge in [-0.05, 0) is 36.1 Å². The smallest absolute Gasteiger partial charge is 0.226 e. The van der Waals surface area contributed by atoms with Gasteiger partial charge in [0.05, 0.1) is 0 Å². The Labute approximate surface area is 144 Å². The molecule has 0 bridgehead atoms. The first-order valence-corrected chi connectivity index (χ1v) is 8.69. The monoisotopic (exact) mass is 328 g/mol. The second-order valence-corrected chi connectivity index (χ2v) is 7.36. The van der Waals surface area contributed by atoms with Crippen LogP contribution in [0.4, 0.5) is 11.6 Å². The first-order valence-electron chi connectivity index (χ1n) is 8.69. The van der Waals surface area contributed by atoms with Gasteiger partial charge in [0.15, 0.2) is 5.65 Å². The molecule has 5 nitrogen and oxygen atoms in total. The van der Waals surface area contributed by atoms with Crippen molar-refractivity contribution in [2.75, 3.05) is 17.2 Å². The molecule has 0 atom stereocenters. The standard InChI is InChI=1S/C19H28N4O/c1-5-6-7-12-20-15-10-8-14-9-11-16(23-18(14)22-15)21-17(24)13-19(2,3)4/h8-11H,5-7,12-13H2,1-4H3,(H2,20,21,22,23,24). The quantitative estimate of drug-likeness (QED) is 0.729. The SMILES string of the molecule is CCCCCNc1ccc2ccc(NC(=O)CC(C)(C)C)nc2n1. The molecule has 2 aromatic rings. The summed E-state index contributed by atoms with van der Waals surface area (Å²) in [5, 5.41) is 7.15. The Morgan fingerprint density at radius 3 is 2.38 bits per heavy atom. The van der Waals surface area contributed by atoms with Crippen LogP contribution in [0.1, 0.15) is 53.4 Å². The largest absolute Gasteiger partial charge is 0.370 e. The lowest BCUT2D eigenvalue weighted by Crippen LogP contribution is -2.20. The topological polar surface area (TPSA) is 66.9 Å². The maximum atomic E-state index is 12.1. The average Bonchev–Trinajstić information content (AvgIpc) is 2.49. The zero-order valence-electron chi connectivity index (χ0n) is 15.1. The molecule has 130 valence electrons. The van der Waals surface area contributed by atoms with Gasteiger partial charge in [-0.1, -0.05) is 40.5 Å². The van der Waals surface area contributed by atoms with E-state index in [9.17, 15) is 4.79 Å². The number of amides is 1. The Hall–Kier alpha value is -2.17. The number of nitrogens with one attached hydrogen (secondary N) is 2. The summed E-state index contributed by atoms with van der Waals surface area (Å²) in [6, 6.07) is 7.72. The summed E-state index contributed by atoms with van der Waals surface area (Å²) in [5.74, 6) is 1.35. The zero-order valence-corrected chi connectivity index (χ0v) is 15.1. The van der Waals surface area contributed by atoms with Crippen molar-refractivity contribution in [3.8, 4) is 0 Å². The van der Waals surface area contributed by atoms with Crippen molar-refractivity contribution in [2.45, 2.75) is 53.4 Å². The van der Waals surface area contributed by atoms with Crippen molar-refractivity contribution in [1.82, 2.24) is 9.97 Å². The number of aromatic nitrogens is 2. The number of pyridine rings is 2. The van der Waals surface area contributed by atoms with Gasteiger partial charge < -0.3 is 10.6 Å². The van der Waals surface area contributed by atoms with Crippen molar-refractivity contribution in [3.63, 3.8) is 0 Å². The van der Waals surface area contributed by atoms with Crippen LogP contribution >= 0.6 is 0 Å². The summed E-state index contributed by atoms with van der Waals surface area (Å²) < 4.78 is 0. The van der Waals surface area contributed by atoms with Gasteiger partial charge in [0.1, 0.15) is 11.6 Å². The van der Waals surface area contributed by atoms with Gasteiger partial charge in [-0.15, -0.1) is 0 Å². The van der Waals surface area contributed by atoms with Gasteiger partial charge in [0.2, 0.25) is 5.91 Å². The number of carbonyl (C=O) groups is 1. The third kappa shape index (κ3) is 5.80. The Morgan fingerprint density at radius 1 is 1.04 bits per heavy atom. The molecule has 0 saturated carbocycles. The van der Waals surface area contributed by atoms with Crippen LogP contribution < -0.4 is 10.6 Å². The molecule has 24 heavy (non-hydrogen) atoms. The van der Waals surface area contributed by atoms with Crippen LogP contribution in [0.3, 0.4) is 0 Å². The molecule has 0 saturated heterocycles. The minimum atomic E-state index is -0.0469. The summed E-state index contributed by atoms with van der Waals surface area (Å²) >= 11 is 0. The first-order chi connectivity index (χ1) is 11.4. The summed E-state index contributed by atoms with van der Waals surface area (Å²) in [6.07, 6.45) is 4.00. The zero-order chi connectivity index (χ0) is 17.6. The predicted molar refractivity (Wildman–Crippen MR) is 100 cm³/mol. The number of anilines is 2. The lowest BCUT2D eigenvalue weighted by molar-refractivity contribution is -0.117. The number of unbranched alkanes of at least 4 members (excludes halogenated alkanes) is 2. The molecule has 2 rings (SSSR count). The number of fused-ring (bicyclic) bond motifs is 1. The van der Waals surface area contributed by atoms with E-state index in [4.69, 9.17) is 0 Å². The van der Waals surface area contributed by atoms with Crippen LogP contribution in [-0.2, 0) is 4.79 Å². The van der Waals surface area contributed by atoms with E-state index in [0.717, 1.165) is 24.2 Å². The van der Waals surface area contributed by atoms with Gasteiger partial charge in [-0.3, -0.25) is 4.79 Å². The highest BCUT2D eigenvalue weighted by molar-refractivity contribution is 5.91. The van der Waals surface area contributed by atoms with Crippen molar-refractivity contribution >= 4 is 28.6 Å². The Kier molecular flexibility index (Phi) is 6.12. The third-order valence-corrected chi connectivity index (χ3v) is 3.60. The number of hydrogen-bond donors (Lipinski definition) is 2. The minimum absolute atomic E-state index is 0.0248. The normalized spacial score (nSPS) is 11.5. The molecule has 5 heteroatoms. The van der Waals surface area contributed by atoms with Crippen molar-refractivity contribution in [3.05, 3.63) is 24.3 Å². The molecule has 0 aliphatic rings. The number of nitrogens with zero attached hydrogens (tertiary/aromatic N) is 2. The fourth-order valence-corrected chi connectivity index (χ4v) is 2.43. The van der Waals surface area contributed by atoms with E-state index in [-0.39, 0.29) is 11.3 Å². The second kappa shape index (κ2) is 8.08. The van der Waals surface area contributed by atoms with Gasteiger partial charge in [-0.2, -0.15) is 0 Å². The van der Waals surface area contributed by atoms with Gasteiger partial charge in [0.25, 0.3) is 0 Å². The van der Waals surface area contributed by atoms with E-state index in [0.29, 0.717) is 17.9 Å². The highest BCUT2D eigenvalue weighted by Gasteiger charge is 2.16. The first kappa shape index (κ1) is 18.2. The molecular weight excluding hydrogens is 300 g/mol. The Bertz CT molecular complexity index is 691. The van der Waals surface area contributed by atoms with Gasteiger partial charge >= 0.3 is 0 Å². The molecule has 1 amide bonds. The average molecular weight is 328 g/mol. The van der Waals surface area contributed by atoms with Crippen LogP contribution in [-0.4, -0.2) is 22.4 Å². The Balaban J connectivity index is 2.06. The fourth-order valence-electron chi connectivity index (χ4n) is 2.43. The number of rotatable bonds is 7. The van der Waals surface area contributed by atoms with E-state index in [2.05, 4.69) is 27.5 Å². The lowest BCUT2D eigenvalue weighted by atomic mass is 9.92. The highest BCUT2D eigenvalue weighted by atomic mass is 16.1. The molecular formula is C19H28N4O. The van der Waals surface area contributed by atoms with Crippen LogP contribution in [0.15, 0.2) is 24.3 Å². The van der Waals surface area contributed by atoms with Crippen molar-refractivity contribution in [1.29, 1.82) is 0 Å². The molecule has 2 heterocycles. The van der Waals surface area contributed by atoms with E-state index < -0.39 is 0 Å². The maximum Gasteiger partial charge on any atom is 0.226 e. The van der Waals surface area contributed by atoms with E-state index in [1.807, 2.05) is 45.0 Å². The molecule has 0 aromatic carbocycles. The molecule has 0 aliphatic heterocycles. The van der Waals surface area contributed by atoms with Gasteiger partial charge in [0, 0.05) is 18.4 Å². The lowest BCUT2D eigenvalue weighted by Gasteiger charge is -2.17. The molecule has 2 aromatic heterocycles. The van der Waals surface area contributed by atoms with Crippen molar-refractivity contribution in [2.24, 2.45) is 5.41 Å². The molecule has 0 fully saturated rings. The molecule has 0 spiro atoms. The van der Waals surface area contributed by atoms with E-state index in [1.165, 1.54) is 12.8 Å². The second-order valence-electron chi connectivity index (χ2n) is 7.36. The maximum absolute atomic E-state index is 12.1. The summed E-state index contributed by atoms with van der Waals surface area (Å²) in [5.41, 5.74) is 0.596. The minimum Gasteiger partial charge on any atom is -0.370 e. The third-order valence-electron chi connectivity index (χ3n) is 3.60. The molecule has 2 N–H and O–H groups in total. The fraction of sp³-hybridized carbons (Fsp3) is 0.526. The number of hydrogen-bond acceptors (Lipinski definition) is 4. The molecule has 0 radical (unpaired) electrons. The van der Waals surface area contributed by atoms with Gasteiger partial charge in [-0.25, -0.2) is 9.97 Å². The van der Waals surface area contributed by atoms with E-state index >= 15 is 0 Å². The summed E-state index contributed by atoms with van der Waals surface area (Å²) in [6.45, 7) is 9.22. The van der Waals surface area contributed by atoms with E-state index in [1.54, 1.807) is 0 Å². The van der Waals surface area contributed by atoms with Crippen LogP contribution in [0.25, 0.3) is 11.0 Å². The summed E-state index contributed by atoms with van der Waals surface area (Å²) in [4.78, 5) is 21.1. The van der Waals surface area contributed by atoms with Crippen molar-refractivity contribution < 1.29 is 4.79 Å². The van der Waals surface area contributed by atoms with Crippen LogP contribution in [0.2, 0.25) is 0 Å². The molecule has 0 aliphatic carbocycles. The van der Waals surface area contributed by atoms with Crippen LogP contribution in [0.5, 0.6) is 0 Å². The van der Waals surface area contributed by atoms with Crippen LogP contribution in [0, 0.1) is 5.41 Å².